The predicted octanol–water partition coefficient (Wildman–Crippen LogP) is 16.4. The molecule has 4 saturated carbocycles. The molecule has 10 aromatic rings. The third-order valence-electron chi connectivity index (χ3n) is 14.4. The first kappa shape index (κ1) is 33.8. The highest BCUT2D eigenvalue weighted by Crippen LogP contribution is 2.62. The highest BCUT2D eigenvalue weighted by Gasteiger charge is 2.52. The Morgan fingerprint density at radius 1 is 0.458 bits per heavy atom. The van der Waals surface area contributed by atoms with Crippen LogP contribution in [-0.4, -0.2) is 0 Å². The Morgan fingerprint density at radius 3 is 1.85 bits per heavy atom. The first-order chi connectivity index (χ1) is 29.1. The highest BCUT2D eigenvalue weighted by atomic mass is 32.1. The van der Waals surface area contributed by atoms with Crippen LogP contribution < -0.4 is 4.90 Å². The van der Waals surface area contributed by atoms with E-state index in [0.29, 0.717) is 5.41 Å². The van der Waals surface area contributed by atoms with E-state index in [9.17, 15) is 0 Å². The van der Waals surface area contributed by atoms with Gasteiger partial charge in [-0.25, -0.2) is 0 Å². The maximum absolute atomic E-state index is 6.50. The quantitative estimate of drug-likeness (QED) is 0.167. The van der Waals surface area contributed by atoms with Crippen molar-refractivity contribution in [1.29, 1.82) is 0 Å². The van der Waals surface area contributed by atoms with E-state index in [1.165, 1.54) is 91.7 Å². The fraction of sp³-hybridized carbons (Fsp3) is 0.179. The molecule has 0 aliphatic heterocycles. The van der Waals surface area contributed by atoms with E-state index < -0.39 is 0 Å². The lowest BCUT2D eigenvalue weighted by atomic mass is 9.48. The Morgan fingerprint density at radius 2 is 1.08 bits per heavy atom. The summed E-state index contributed by atoms with van der Waals surface area (Å²) in [6.07, 6.45) is 8.49. The number of hydrogen-bond donors (Lipinski definition) is 0. The van der Waals surface area contributed by atoms with Gasteiger partial charge in [0.15, 0.2) is 0 Å². The van der Waals surface area contributed by atoms with Gasteiger partial charge in [0.05, 0.1) is 0 Å². The van der Waals surface area contributed by atoms with Gasteiger partial charge in [-0.2, -0.15) is 0 Å². The predicted molar refractivity (Wildman–Crippen MR) is 250 cm³/mol. The summed E-state index contributed by atoms with van der Waals surface area (Å²) >= 11 is 1.96. The Balaban J connectivity index is 0.981. The van der Waals surface area contributed by atoms with Gasteiger partial charge in [0.25, 0.3) is 0 Å². The van der Waals surface area contributed by atoms with Gasteiger partial charge in [0.2, 0.25) is 0 Å². The van der Waals surface area contributed by atoms with E-state index in [4.69, 9.17) is 4.42 Å². The summed E-state index contributed by atoms with van der Waals surface area (Å²) in [6.45, 7) is 0. The Bertz CT molecular complexity index is 3220. The minimum Gasteiger partial charge on any atom is -0.456 e. The first-order valence-corrected chi connectivity index (χ1v) is 22.3. The number of thiophene rings is 1. The van der Waals surface area contributed by atoms with Gasteiger partial charge in [-0.05, 0) is 155 Å². The number of fused-ring (bicyclic) bond motifs is 7. The molecule has 4 aliphatic rings. The molecule has 0 spiro atoms. The second kappa shape index (κ2) is 12.9. The Hall–Kier alpha value is -6.16. The van der Waals surface area contributed by atoms with Crippen LogP contribution in [0, 0.1) is 17.8 Å². The van der Waals surface area contributed by atoms with Gasteiger partial charge in [-0.3, -0.25) is 0 Å². The number of benzene rings is 8. The van der Waals surface area contributed by atoms with Crippen molar-refractivity contribution in [3.63, 3.8) is 0 Å². The molecular weight excluding hydrogens is 735 g/mol. The van der Waals surface area contributed by atoms with Crippen LogP contribution in [-0.2, 0) is 5.41 Å². The van der Waals surface area contributed by atoms with Gasteiger partial charge in [0, 0.05) is 54.1 Å². The molecule has 284 valence electrons. The summed E-state index contributed by atoms with van der Waals surface area (Å²) in [5.41, 5.74) is 12.1. The van der Waals surface area contributed by atoms with E-state index in [0.717, 1.165) is 56.8 Å². The summed E-state index contributed by atoms with van der Waals surface area (Å²) in [5, 5.41) is 7.72. The number of hydrogen-bond acceptors (Lipinski definition) is 3. The average molecular weight is 778 g/mol. The molecule has 59 heavy (non-hydrogen) atoms. The molecule has 0 atom stereocenters. The smallest absolute Gasteiger partial charge is 0.137 e. The largest absolute Gasteiger partial charge is 0.456 e. The summed E-state index contributed by atoms with van der Waals surface area (Å²) in [6, 6.07) is 62.9. The molecule has 0 unspecified atom stereocenters. The van der Waals surface area contributed by atoms with Crippen LogP contribution in [0.15, 0.2) is 174 Å². The zero-order valence-corrected chi connectivity index (χ0v) is 33.7. The maximum Gasteiger partial charge on any atom is 0.137 e. The molecule has 4 fully saturated rings. The summed E-state index contributed by atoms with van der Waals surface area (Å²) < 4.78 is 9.30. The molecule has 14 rings (SSSR count). The van der Waals surface area contributed by atoms with E-state index in [1.807, 2.05) is 11.3 Å². The normalized spacial score (nSPS) is 21.1. The van der Waals surface area contributed by atoms with Gasteiger partial charge < -0.3 is 9.32 Å². The maximum atomic E-state index is 6.50. The van der Waals surface area contributed by atoms with Crippen LogP contribution >= 0.6 is 11.3 Å². The van der Waals surface area contributed by atoms with Crippen LogP contribution in [0.1, 0.15) is 44.1 Å². The molecular formula is C56H43NOS. The van der Waals surface area contributed by atoms with Gasteiger partial charge in [-0.15, -0.1) is 11.3 Å². The molecule has 0 saturated heterocycles. The van der Waals surface area contributed by atoms with Crippen molar-refractivity contribution >= 4 is 81.3 Å². The minimum absolute atomic E-state index is 0.322. The number of furan rings is 1. The minimum atomic E-state index is 0.322. The van der Waals surface area contributed by atoms with Crippen LogP contribution in [0.4, 0.5) is 17.1 Å². The van der Waals surface area contributed by atoms with Crippen molar-refractivity contribution in [2.75, 3.05) is 4.90 Å². The molecule has 3 heteroatoms. The van der Waals surface area contributed by atoms with Crippen LogP contribution in [0.25, 0.3) is 75.1 Å². The summed E-state index contributed by atoms with van der Waals surface area (Å²) in [5.74, 6) is 2.71. The van der Waals surface area contributed by atoms with Crippen LogP contribution in [0.2, 0.25) is 0 Å². The first-order valence-electron chi connectivity index (χ1n) is 21.5. The Labute approximate surface area is 348 Å². The average Bonchev–Trinajstić information content (AvgIpc) is 3.84. The van der Waals surface area contributed by atoms with Crippen molar-refractivity contribution in [3.05, 3.63) is 175 Å². The number of anilines is 3. The second-order valence-corrected chi connectivity index (χ2v) is 19.0. The lowest BCUT2D eigenvalue weighted by Gasteiger charge is -2.57. The SMILES string of the molecule is c1ccc(-c2cccc3cccc(-c4ccc(N(c5ccc6c(c5)oc5ccccc56)c5ccc6sc7cccc(C89CC%10CC(CC(C%10)C8)C9)c7c6c5)cc4)c23)cc1. The second-order valence-electron chi connectivity index (χ2n) is 17.9. The zero-order chi connectivity index (χ0) is 38.7. The molecule has 0 amide bonds. The lowest BCUT2D eigenvalue weighted by Crippen LogP contribution is -2.48. The zero-order valence-electron chi connectivity index (χ0n) is 32.9. The van der Waals surface area contributed by atoms with Crippen molar-refractivity contribution in [1.82, 2.24) is 0 Å². The van der Waals surface area contributed by atoms with Crippen LogP contribution in [0.3, 0.4) is 0 Å². The molecule has 2 nitrogen and oxygen atoms in total. The topological polar surface area (TPSA) is 16.4 Å². The lowest BCUT2D eigenvalue weighted by molar-refractivity contribution is -0.00446. The number of rotatable bonds is 6. The van der Waals surface area contributed by atoms with Crippen molar-refractivity contribution in [2.24, 2.45) is 17.8 Å². The fourth-order valence-corrected chi connectivity index (χ4v) is 13.5. The van der Waals surface area contributed by atoms with Crippen molar-refractivity contribution in [3.8, 4) is 22.3 Å². The molecule has 4 aliphatic carbocycles. The van der Waals surface area contributed by atoms with Gasteiger partial charge in [0.1, 0.15) is 11.2 Å². The van der Waals surface area contributed by atoms with Gasteiger partial charge in [-0.1, -0.05) is 109 Å². The summed E-state index contributed by atoms with van der Waals surface area (Å²) in [4.78, 5) is 2.44. The van der Waals surface area contributed by atoms with Crippen molar-refractivity contribution in [2.45, 2.75) is 43.9 Å². The standard InChI is InChI=1S/C56H43NOS/c1-2-9-38(10-3-1)44-14-6-11-40-12-7-15-45(54(40)44)39-19-21-41(22-20-39)57(43-23-25-47-46-13-4-5-17-50(46)58-51(47)31-43)42-24-26-52-48(30-42)55-49(16-8-18-53(55)59-52)56-32-35-27-36(33-56)29-37(28-35)34-56/h1-26,30-31,35-37H,27-29,32-34H2. The molecule has 4 bridgehead atoms. The van der Waals surface area contributed by atoms with E-state index in [-0.39, 0.29) is 0 Å². The van der Waals surface area contributed by atoms with E-state index >= 15 is 0 Å². The van der Waals surface area contributed by atoms with Crippen molar-refractivity contribution < 1.29 is 4.42 Å². The monoisotopic (exact) mass is 777 g/mol. The molecule has 8 aromatic carbocycles. The number of nitrogens with zero attached hydrogens (tertiary/aromatic N) is 1. The Kier molecular flexibility index (Phi) is 7.40. The number of para-hydroxylation sites is 1. The molecule has 2 heterocycles. The highest BCUT2D eigenvalue weighted by molar-refractivity contribution is 7.25. The fourth-order valence-electron chi connectivity index (χ4n) is 12.4. The third-order valence-corrected chi connectivity index (χ3v) is 15.5. The van der Waals surface area contributed by atoms with Crippen LogP contribution in [0.5, 0.6) is 0 Å². The van der Waals surface area contributed by atoms with E-state index in [2.05, 4.69) is 175 Å². The molecule has 2 aromatic heterocycles. The van der Waals surface area contributed by atoms with E-state index in [1.54, 1.807) is 5.56 Å². The summed E-state index contributed by atoms with van der Waals surface area (Å²) in [7, 11) is 0. The molecule has 0 radical (unpaired) electrons. The van der Waals surface area contributed by atoms with Gasteiger partial charge >= 0.3 is 0 Å². The molecule has 0 N–H and O–H groups in total. The third kappa shape index (κ3) is 5.30.